The van der Waals surface area contributed by atoms with Crippen LogP contribution in [0, 0.1) is 0 Å². The van der Waals surface area contributed by atoms with E-state index in [1.54, 1.807) is 6.20 Å². The molecule has 0 saturated heterocycles. The van der Waals surface area contributed by atoms with Crippen LogP contribution in [-0.2, 0) is 13.0 Å². The molecule has 168 valence electrons. The first-order valence-electron chi connectivity index (χ1n) is 11.2. The minimum atomic E-state index is -0.393. The Morgan fingerprint density at radius 1 is 1.16 bits per heavy atom. The molecule has 0 spiro atoms. The monoisotopic (exact) mass is 435 g/mol. The minimum Gasteiger partial charge on any atom is -0.392 e. The van der Waals surface area contributed by atoms with Crippen LogP contribution in [0.15, 0.2) is 41.5 Å². The van der Waals surface area contributed by atoms with Gasteiger partial charge in [-0.05, 0) is 30.4 Å². The highest BCUT2D eigenvalue weighted by Crippen LogP contribution is 2.30. The molecule has 0 unspecified atom stereocenters. The lowest BCUT2D eigenvalue weighted by Crippen LogP contribution is -2.29. The standard InChI is InChI=1S/C24H29N5O3/c1-25-23(32)20-14-29(18-5-3-2-4-6-18)22-19(21(20)31)13-27-24(28-22)26-12-11-16-7-9-17(15-30)10-8-16/h7-10,13-14,18,30H,2-6,11-12,15H2,1H3,(H,25,32)(H,26,27,28). The van der Waals surface area contributed by atoms with Crippen LogP contribution in [0.25, 0.3) is 11.0 Å². The minimum absolute atomic E-state index is 0.0355. The van der Waals surface area contributed by atoms with Gasteiger partial charge in [0.2, 0.25) is 11.4 Å². The molecule has 0 atom stereocenters. The Bertz CT molecular complexity index is 1150. The maximum atomic E-state index is 12.9. The summed E-state index contributed by atoms with van der Waals surface area (Å²) in [7, 11) is 1.53. The van der Waals surface area contributed by atoms with E-state index in [0.717, 1.165) is 43.2 Å². The number of amides is 1. The van der Waals surface area contributed by atoms with E-state index >= 15 is 0 Å². The number of carbonyl (C=O) groups is 1. The maximum Gasteiger partial charge on any atom is 0.256 e. The number of anilines is 1. The van der Waals surface area contributed by atoms with Crippen LogP contribution in [0.5, 0.6) is 0 Å². The fourth-order valence-electron chi connectivity index (χ4n) is 4.28. The topological polar surface area (TPSA) is 109 Å². The molecule has 1 aliphatic rings. The van der Waals surface area contributed by atoms with Gasteiger partial charge >= 0.3 is 0 Å². The Morgan fingerprint density at radius 2 is 1.88 bits per heavy atom. The second-order valence-electron chi connectivity index (χ2n) is 8.23. The van der Waals surface area contributed by atoms with Gasteiger partial charge < -0.3 is 20.3 Å². The molecule has 1 fully saturated rings. The second kappa shape index (κ2) is 9.91. The van der Waals surface area contributed by atoms with Crippen molar-refractivity contribution >= 4 is 22.9 Å². The van der Waals surface area contributed by atoms with Gasteiger partial charge in [0.25, 0.3) is 5.91 Å². The molecule has 1 aliphatic carbocycles. The highest BCUT2D eigenvalue weighted by molar-refractivity contribution is 5.96. The number of aliphatic hydroxyl groups excluding tert-OH is 1. The summed E-state index contributed by atoms with van der Waals surface area (Å²) in [6, 6.07) is 8.03. The Hall–Kier alpha value is -3.26. The van der Waals surface area contributed by atoms with Crippen LogP contribution in [0.3, 0.4) is 0 Å². The number of fused-ring (bicyclic) bond motifs is 1. The molecular weight excluding hydrogens is 406 g/mol. The lowest BCUT2D eigenvalue weighted by atomic mass is 9.95. The van der Waals surface area contributed by atoms with Gasteiger partial charge in [-0.25, -0.2) is 4.98 Å². The van der Waals surface area contributed by atoms with Gasteiger partial charge in [-0.1, -0.05) is 43.5 Å². The number of hydrogen-bond acceptors (Lipinski definition) is 6. The van der Waals surface area contributed by atoms with Gasteiger partial charge in [-0.2, -0.15) is 4.98 Å². The summed E-state index contributed by atoms with van der Waals surface area (Å²) in [6.45, 7) is 0.668. The summed E-state index contributed by atoms with van der Waals surface area (Å²) < 4.78 is 2.00. The summed E-state index contributed by atoms with van der Waals surface area (Å²) in [5.41, 5.74) is 2.38. The van der Waals surface area contributed by atoms with Crippen molar-refractivity contribution in [3.05, 3.63) is 63.6 Å². The quantitative estimate of drug-likeness (QED) is 0.527. The Morgan fingerprint density at radius 3 is 2.56 bits per heavy atom. The predicted octanol–water partition coefficient (Wildman–Crippen LogP) is 2.80. The lowest BCUT2D eigenvalue weighted by molar-refractivity contribution is 0.0961. The van der Waals surface area contributed by atoms with Gasteiger partial charge in [-0.3, -0.25) is 9.59 Å². The maximum absolute atomic E-state index is 12.9. The van der Waals surface area contributed by atoms with Crippen LogP contribution in [0.2, 0.25) is 0 Å². The SMILES string of the molecule is CNC(=O)c1cn(C2CCCCC2)c2nc(NCCc3ccc(CO)cc3)ncc2c1=O. The zero-order chi connectivity index (χ0) is 22.5. The summed E-state index contributed by atoms with van der Waals surface area (Å²) in [4.78, 5) is 34.2. The molecule has 3 aromatic rings. The van der Waals surface area contributed by atoms with Crippen molar-refractivity contribution in [2.24, 2.45) is 0 Å². The van der Waals surface area contributed by atoms with Gasteiger partial charge in [0, 0.05) is 32.0 Å². The second-order valence-corrected chi connectivity index (χ2v) is 8.23. The molecule has 2 heterocycles. The molecule has 1 aromatic carbocycles. The number of aromatic nitrogens is 3. The molecule has 8 heteroatoms. The predicted molar refractivity (Wildman–Crippen MR) is 124 cm³/mol. The van der Waals surface area contributed by atoms with E-state index in [4.69, 9.17) is 5.11 Å². The third-order valence-corrected chi connectivity index (χ3v) is 6.11. The molecule has 4 rings (SSSR count). The third-order valence-electron chi connectivity index (χ3n) is 6.11. The van der Waals surface area contributed by atoms with Crippen molar-refractivity contribution in [1.82, 2.24) is 19.9 Å². The Balaban J connectivity index is 1.62. The molecule has 0 radical (unpaired) electrons. The van der Waals surface area contributed by atoms with Crippen molar-refractivity contribution < 1.29 is 9.90 Å². The first-order chi connectivity index (χ1) is 15.6. The smallest absolute Gasteiger partial charge is 0.256 e. The molecular formula is C24H29N5O3. The number of aliphatic hydroxyl groups is 1. The molecule has 1 saturated carbocycles. The third kappa shape index (κ3) is 4.65. The molecule has 0 aliphatic heterocycles. The van der Waals surface area contributed by atoms with E-state index in [1.807, 2.05) is 28.8 Å². The van der Waals surface area contributed by atoms with Crippen molar-refractivity contribution in [2.75, 3.05) is 18.9 Å². The highest BCUT2D eigenvalue weighted by Gasteiger charge is 2.22. The number of nitrogens with one attached hydrogen (secondary N) is 2. The number of pyridine rings is 1. The Labute approximate surface area is 186 Å². The average molecular weight is 436 g/mol. The van der Waals surface area contributed by atoms with Crippen molar-refractivity contribution in [3.63, 3.8) is 0 Å². The number of hydrogen-bond donors (Lipinski definition) is 3. The van der Waals surface area contributed by atoms with E-state index in [1.165, 1.54) is 19.7 Å². The van der Waals surface area contributed by atoms with Crippen LogP contribution in [-0.4, -0.2) is 39.1 Å². The fourth-order valence-corrected chi connectivity index (χ4v) is 4.28. The van der Waals surface area contributed by atoms with Crippen molar-refractivity contribution in [1.29, 1.82) is 0 Å². The summed E-state index contributed by atoms with van der Waals surface area (Å²) in [5, 5.41) is 15.3. The summed E-state index contributed by atoms with van der Waals surface area (Å²) in [6.07, 6.45) is 9.42. The van der Waals surface area contributed by atoms with Gasteiger partial charge in [-0.15, -0.1) is 0 Å². The molecule has 1 amide bonds. The number of benzene rings is 1. The van der Waals surface area contributed by atoms with E-state index in [-0.39, 0.29) is 23.6 Å². The number of rotatable bonds is 7. The largest absolute Gasteiger partial charge is 0.392 e. The van der Waals surface area contributed by atoms with Gasteiger partial charge in [0.05, 0.1) is 12.0 Å². The zero-order valence-corrected chi connectivity index (χ0v) is 18.3. The van der Waals surface area contributed by atoms with Crippen molar-refractivity contribution in [2.45, 2.75) is 51.2 Å². The molecule has 2 aromatic heterocycles. The van der Waals surface area contributed by atoms with Crippen LogP contribution in [0.1, 0.15) is 59.6 Å². The normalized spacial score (nSPS) is 14.4. The van der Waals surface area contributed by atoms with Crippen molar-refractivity contribution in [3.8, 4) is 0 Å². The lowest BCUT2D eigenvalue weighted by Gasteiger charge is -2.26. The number of carbonyl (C=O) groups excluding carboxylic acids is 1. The zero-order valence-electron chi connectivity index (χ0n) is 18.3. The Kier molecular flexibility index (Phi) is 6.80. The van der Waals surface area contributed by atoms with Gasteiger partial charge in [0.1, 0.15) is 11.2 Å². The molecule has 32 heavy (non-hydrogen) atoms. The molecule has 3 N–H and O–H groups in total. The highest BCUT2D eigenvalue weighted by atomic mass is 16.3. The average Bonchev–Trinajstić information content (AvgIpc) is 2.85. The van der Waals surface area contributed by atoms with Crippen LogP contribution < -0.4 is 16.1 Å². The van der Waals surface area contributed by atoms with E-state index in [2.05, 4.69) is 20.6 Å². The van der Waals surface area contributed by atoms with Crippen LogP contribution in [0.4, 0.5) is 5.95 Å². The molecule has 8 nitrogen and oxygen atoms in total. The summed E-state index contributed by atoms with van der Waals surface area (Å²) in [5.74, 6) is 0.0667. The van der Waals surface area contributed by atoms with E-state index in [0.29, 0.717) is 23.5 Å². The first kappa shape index (κ1) is 22.0. The van der Waals surface area contributed by atoms with E-state index < -0.39 is 5.91 Å². The number of nitrogens with zero attached hydrogens (tertiary/aromatic N) is 3. The fraction of sp³-hybridized carbons (Fsp3) is 0.417. The van der Waals surface area contributed by atoms with Crippen LogP contribution >= 0.6 is 0 Å². The van der Waals surface area contributed by atoms with E-state index in [9.17, 15) is 9.59 Å². The van der Waals surface area contributed by atoms with Gasteiger partial charge in [0.15, 0.2) is 0 Å². The molecule has 0 bridgehead atoms. The summed E-state index contributed by atoms with van der Waals surface area (Å²) >= 11 is 0. The first-order valence-corrected chi connectivity index (χ1v) is 11.2.